The van der Waals surface area contributed by atoms with Gasteiger partial charge < -0.3 is 20.4 Å². The molecule has 0 atom stereocenters. The maximum Gasteiger partial charge on any atom is 0.317 e. The average Bonchev–Trinajstić information content (AvgIpc) is 2.97. The average molecular weight is 300 g/mol. The topological polar surface area (TPSA) is 64.7 Å². The molecule has 0 spiro atoms. The van der Waals surface area contributed by atoms with Gasteiger partial charge in [0, 0.05) is 49.8 Å². The molecular weight excluding hydrogens is 276 g/mol. The van der Waals surface area contributed by atoms with Crippen LogP contribution < -0.4 is 10.6 Å². The molecule has 2 saturated heterocycles. The van der Waals surface area contributed by atoms with E-state index in [1.54, 1.807) is 0 Å². The van der Waals surface area contributed by atoms with E-state index in [9.17, 15) is 9.59 Å². The van der Waals surface area contributed by atoms with E-state index in [1.807, 2.05) is 21.6 Å². The van der Waals surface area contributed by atoms with Crippen LogP contribution in [0.15, 0.2) is 0 Å². The van der Waals surface area contributed by atoms with Crippen molar-refractivity contribution in [1.82, 2.24) is 20.4 Å². The second-order valence-corrected chi connectivity index (χ2v) is 7.60. The Bertz CT molecular complexity index is 375. The van der Waals surface area contributed by atoms with Crippen LogP contribution in [0, 0.1) is 0 Å². The van der Waals surface area contributed by atoms with Crippen molar-refractivity contribution in [2.24, 2.45) is 0 Å². The number of rotatable bonds is 7. The van der Waals surface area contributed by atoms with Gasteiger partial charge >= 0.3 is 12.1 Å². The molecule has 4 amide bonds. The number of hydrogen-bond donors (Lipinski definition) is 2. The third kappa shape index (κ3) is 4.19. The molecule has 114 valence electrons. The Morgan fingerprint density at radius 2 is 1.60 bits per heavy atom. The van der Waals surface area contributed by atoms with Gasteiger partial charge in [-0.2, -0.15) is 11.8 Å². The molecule has 2 fully saturated rings. The van der Waals surface area contributed by atoms with E-state index in [4.69, 9.17) is 0 Å². The van der Waals surface area contributed by atoms with Crippen LogP contribution in [0.2, 0.25) is 0 Å². The molecule has 2 N–H and O–H groups in total. The van der Waals surface area contributed by atoms with E-state index >= 15 is 0 Å². The summed E-state index contributed by atoms with van der Waals surface area (Å²) >= 11 is 1.87. The molecular formula is C13H24N4O2S. The molecule has 20 heavy (non-hydrogen) atoms. The highest BCUT2D eigenvalue weighted by Crippen LogP contribution is 2.28. The van der Waals surface area contributed by atoms with Crippen molar-refractivity contribution in [2.45, 2.75) is 25.0 Å². The lowest BCUT2D eigenvalue weighted by Crippen LogP contribution is -2.34. The van der Waals surface area contributed by atoms with Crippen LogP contribution >= 0.6 is 11.8 Å². The molecule has 2 rings (SSSR count). The fourth-order valence-electron chi connectivity index (χ4n) is 2.36. The third-order valence-electron chi connectivity index (χ3n) is 3.73. The summed E-state index contributed by atoms with van der Waals surface area (Å²) in [5.74, 6) is 0.937. The molecule has 2 aliphatic heterocycles. The van der Waals surface area contributed by atoms with Crippen LogP contribution in [0.4, 0.5) is 9.59 Å². The van der Waals surface area contributed by atoms with E-state index in [1.165, 1.54) is 0 Å². The molecule has 0 aromatic heterocycles. The molecule has 7 heteroatoms. The Hall–Kier alpha value is -1.11. The zero-order chi connectivity index (χ0) is 14.6. The molecule has 6 nitrogen and oxygen atoms in total. The number of nitrogens with one attached hydrogen (secondary N) is 2. The summed E-state index contributed by atoms with van der Waals surface area (Å²) in [6, 6.07) is 0.108. The molecule has 0 aromatic rings. The van der Waals surface area contributed by atoms with Crippen molar-refractivity contribution in [1.29, 1.82) is 0 Å². The second-order valence-electron chi connectivity index (χ2n) is 5.80. The molecule has 0 bridgehead atoms. The van der Waals surface area contributed by atoms with Crippen LogP contribution in [0.25, 0.3) is 0 Å². The minimum atomic E-state index is 0.0529. The predicted octanol–water partition coefficient (Wildman–Crippen LogP) is 0.939. The maximum atomic E-state index is 11.5. The standard InChI is InChI=1S/C13H24N4O2S/c1-13(2,3-6-16-7-4-14-11(16)18)20-10-9-17-8-5-15-12(17)19/h3-10H2,1-2H3,(H,14,18)(H,15,19). The highest BCUT2D eigenvalue weighted by Gasteiger charge is 2.25. The van der Waals surface area contributed by atoms with E-state index in [-0.39, 0.29) is 16.8 Å². The van der Waals surface area contributed by atoms with E-state index in [0.717, 1.165) is 51.4 Å². The molecule has 0 saturated carbocycles. The highest BCUT2D eigenvalue weighted by molar-refractivity contribution is 8.00. The second kappa shape index (κ2) is 6.56. The fraction of sp³-hybridized carbons (Fsp3) is 0.846. The summed E-state index contributed by atoms with van der Waals surface area (Å²) in [4.78, 5) is 26.6. The van der Waals surface area contributed by atoms with Crippen LogP contribution in [-0.2, 0) is 0 Å². The normalized spacial score (nSPS) is 19.5. The quantitative estimate of drug-likeness (QED) is 0.735. The van der Waals surface area contributed by atoms with Gasteiger partial charge in [0.2, 0.25) is 0 Å². The monoisotopic (exact) mass is 300 g/mol. The van der Waals surface area contributed by atoms with Crippen LogP contribution in [0.1, 0.15) is 20.3 Å². The highest BCUT2D eigenvalue weighted by atomic mass is 32.2. The Labute approximate surface area is 124 Å². The Balaban J connectivity index is 1.65. The number of hydrogen-bond acceptors (Lipinski definition) is 3. The van der Waals surface area contributed by atoms with Crippen LogP contribution in [-0.4, -0.2) is 71.6 Å². The van der Waals surface area contributed by atoms with Gasteiger partial charge in [0.15, 0.2) is 0 Å². The lowest BCUT2D eigenvalue weighted by molar-refractivity contribution is 0.215. The van der Waals surface area contributed by atoms with Crippen molar-refractivity contribution < 1.29 is 9.59 Å². The first-order chi connectivity index (χ1) is 9.48. The van der Waals surface area contributed by atoms with Gasteiger partial charge in [-0.05, 0) is 6.42 Å². The van der Waals surface area contributed by atoms with E-state index in [2.05, 4.69) is 24.5 Å². The number of thioether (sulfide) groups is 1. The Morgan fingerprint density at radius 3 is 2.10 bits per heavy atom. The van der Waals surface area contributed by atoms with Crippen LogP contribution in [0.3, 0.4) is 0 Å². The molecule has 2 aliphatic rings. The zero-order valence-corrected chi connectivity index (χ0v) is 13.1. The number of urea groups is 2. The Morgan fingerprint density at radius 1 is 1.05 bits per heavy atom. The number of carbonyl (C=O) groups is 2. The summed E-state index contributed by atoms with van der Waals surface area (Å²) < 4.78 is 0.124. The number of carbonyl (C=O) groups excluding carboxylic acids is 2. The summed E-state index contributed by atoms with van der Waals surface area (Å²) in [6.45, 7) is 9.15. The molecule has 0 radical (unpaired) electrons. The van der Waals surface area contributed by atoms with Crippen LogP contribution in [0.5, 0.6) is 0 Å². The van der Waals surface area contributed by atoms with Gasteiger partial charge in [-0.3, -0.25) is 0 Å². The smallest absolute Gasteiger partial charge is 0.317 e. The van der Waals surface area contributed by atoms with Crippen molar-refractivity contribution in [3.05, 3.63) is 0 Å². The molecule has 0 unspecified atom stereocenters. The number of nitrogens with zero attached hydrogens (tertiary/aromatic N) is 2. The van der Waals surface area contributed by atoms with E-state index in [0.29, 0.717) is 0 Å². The van der Waals surface area contributed by atoms with Crippen molar-refractivity contribution in [3.63, 3.8) is 0 Å². The summed E-state index contributed by atoms with van der Waals surface area (Å²) in [7, 11) is 0. The van der Waals surface area contributed by atoms with Crippen molar-refractivity contribution in [2.75, 3.05) is 45.0 Å². The summed E-state index contributed by atoms with van der Waals surface area (Å²) in [5, 5.41) is 5.63. The lowest BCUT2D eigenvalue weighted by Gasteiger charge is -2.27. The first-order valence-corrected chi connectivity index (χ1v) is 8.16. The van der Waals surface area contributed by atoms with Gasteiger partial charge in [0.05, 0.1) is 0 Å². The number of amides is 4. The van der Waals surface area contributed by atoms with Crippen molar-refractivity contribution >= 4 is 23.8 Å². The van der Waals surface area contributed by atoms with Gasteiger partial charge in [0.1, 0.15) is 0 Å². The largest absolute Gasteiger partial charge is 0.336 e. The lowest BCUT2D eigenvalue weighted by atomic mass is 10.1. The summed E-state index contributed by atoms with van der Waals surface area (Å²) in [6.07, 6.45) is 0.970. The van der Waals surface area contributed by atoms with Gasteiger partial charge in [-0.25, -0.2) is 9.59 Å². The van der Waals surface area contributed by atoms with E-state index < -0.39 is 0 Å². The zero-order valence-electron chi connectivity index (χ0n) is 12.3. The summed E-state index contributed by atoms with van der Waals surface area (Å²) in [5.41, 5.74) is 0. The van der Waals surface area contributed by atoms with Gasteiger partial charge in [-0.1, -0.05) is 13.8 Å². The van der Waals surface area contributed by atoms with Gasteiger partial charge in [0.25, 0.3) is 0 Å². The minimum Gasteiger partial charge on any atom is -0.336 e. The molecule has 2 heterocycles. The predicted molar refractivity (Wildman–Crippen MR) is 81.1 cm³/mol. The third-order valence-corrected chi connectivity index (χ3v) is 5.10. The first-order valence-electron chi connectivity index (χ1n) is 7.17. The maximum absolute atomic E-state index is 11.5. The minimum absolute atomic E-state index is 0.0529. The SMILES string of the molecule is CC(C)(CCN1CCNC1=O)SCCN1CCNC1=O. The van der Waals surface area contributed by atoms with Crippen molar-refractivity contribution in [3.8, 4) is 0 Å². The first kappa shape index (κ1) is 15.3. The fourth-order valence-corrected chi connectivity index (χ4v) is 3.46. The van der Waals surface area contributed by atoms with Gasteiger partial charge in [-0.15, -0.1) is 0 Å². The Kier molecular flexibility index (Phi) is 5.01. The molecule has 0 aliphatic carbocycles. The molecule has 0 aromatic carbocycles.